The van der Waals surface area contributed by atoms with Crippen molar-refractivity contribution in [2.24, 2.45) is 12.0 Å². The van der Waals surface area contributed by atoms with E-state index in [1.54, 1.807) is 4.57 Å². The SMILES string of the molecule is Cn1c(=Nc2ccccc2)n(-c2ccccc2)c(=O)c2ccccc21. The van der Waals surface area contributed by atoms with Crippen molar-refractivity contribution in [1.29, 1.82) is 0 Å². The number of aromatic nitrogens is 2. The van der Waals surface area contributed by atoms with Crippen LogP contribution in [0.15, 0.2) is 94.7 Å². The van der Waals surface area contributed by atoms with E-state index in [-0.39, 0.29) is 5.56 Å². The Morgan fingerprint density at radius 3 is 2.08 bits per heavy atom. The highest BCUT2D eigenvalue weighted by molar-refractivity contribution is 5.78. The van der Waals surface area contributed by atoms with Crippen molar-refractivity contribution in [3.05, 3.63) is 101 Å². The highest BCUT2D eigenvalue weighted by Gasteiger charge is 2.11. The Kier molecular flexibility index (Phi) is 3.78. The summed E-state index contributed by atoms with van der Waals surface area (Å²) in [5.74, 6) is 0. The van der Waals surface area contributed by atoms with Crippen LogP contribution in [0.25, 0.3) is 16.6 Å². The zero-order valence-electron chi connectivity index (χ0n) is 13.8. The van der Waals surface area contributed by atoms with Crippen LogP contribution in [0.1, 0.15) is 0 Å². The molecule has 25 heavy (non-hydrogen) atoms. The highest BCUT2D eigenvalue weighted by Crippen LogP contribution is 2.12. The molecule has 4 aromatic rings. The average Bonchev–Trinajstić information content (AvgIpc) is 2.68. The van der Waals surface area contributed by atoms with E-state index in [9.17, 15) is 4.79 Å². The maximum atomic E-state index is 13.2. The molecule has 0 N–H and O–H groups in total. The fourth-order valence-electron chi connectivity index (χ4n) is 2.97. The van der Waals surface area contributed by atoms with Crippen molar-refractivity contribution in [3.63, 3.8) is 0 Å². The van der Waals surface area contributed by atoms with Gasteiger partial charge in [0.05, 0.1) is 22.3 Å². The molecule has 0 radical (unpaired) electrons. The number of fused-ring (bicyclic) bond motifs is 1. The van der Waals surface area contributed by atoms with Gasteiger partial charge in [0.15, 0.2) is 0 Å². The van der Waals surface area contributed by atoms with Gasteiger partial charge in [-0.15, -0.1) is 0 Å². The number of nitrogens with zero attached hydrogens (tertiary/aromatic N) is 3. The average molecular weight is 327 g/mol. The van der Waals surface area contributed by atoms with Gasteiger partial charge in [0.25, 0.3) is 5.56 Å². The van der Waals surface area contributed by atoms with Crippen LogP contribution >= 0.6 is 0 Å². The van der Waals surface area contributed by atoms with Gasteiger partial charge in [0.1, 0.15) is 0 Å². The molecule has 0 spiro atoms. The molecule has 4 nitrogen and oxygen atoms in total. The molecule has 0 aliphatic rings. The maximum Gasteiger partial charge on any atom is 0.267 e. The predicted molar refractivity (Wildman–Crippen MR) is 100 cm³/mol. The van der Waals surface area contributed by atoms with E-state index in [0.29, 0.717) is 11.0 Å². The minimum Gasteiger partial charge on any atom is -0.314 e. The van der Waals surface area contributed by atoms with Gasteiger partial charge in [-0.2, -0.15) is 0 Å². The van der Waals surface area contributed by atoms with Crippen LogP contribution in [0.5, 0.6) is 0 Å². The van der Waals surface area contributed by atoms with E-state index in [2.05, 4.69) is 0 Å². The summed E-state index contributed by atoms with van der Waals surface area (Å²) in [6.45, 7) is 0. The molecule has 4 rings (SSSR count). The molecule has 0 atom stereocenters. The first-order valence-corrected chi connectivity index (χ1v) is 8.12. The largest absolute Gasteiger partial charge is 0.314 e. The van der Waals surface area contributed by atoms with Gasteiger partial charge in [0.2, 0.25) is 5.62 Å². The molecule has 0 aliphatic carbocycles. The normalized spacial score (nSPS) is 11.8. The van der Waals surface area contributed by atoms with Gasteiger partial charge in [-0.25, -0.2) is 9.56 Å². The zero-order valence-corrected chi connectivity index (χ0v) is 13.8. The number of hydrogen-bond donors (Lipinski definition) is 0. The third-order valence-corrected chi connectivity index (χ3v) is 4.20. The van der Waals surface area contributed by atoms with E-state index in [1.807, 2.05) is 96.5 Å². The molecule has 1 aromatic heterocycles. The summed E-state index contributed by atoms with van der Waals surface area (Å²) >= 11 is 0. The molecule has 0 fully saturated rings. The Hall–Kier alpha value is -3.40. The third-order valence-electron chi connectivity index (χ3n) is 4.20. The quantitative estimate of drug-likeness (QED) is 0.555. The van der Waals surface area contributed by atoms with Gasteiger partial charge < -0.3 is 4.57 Å². The standard InChI is InChI=1S/C21H17N3O/c1-23-19-15-9-8-14-18(19)20(25)24(17-12-6-3-7-13-17)21(23)22-16-10-4-2-5-11-16/h2-15H,1H3. The highest BCUT2D eigenvalue weighted by atomic mass is 16.1. The van der Waals surface area contributed by atoms with Crippen molar-refractivity contribution in [2.45, 2.75) is 0 Å². The van der Waals surface area contributed by atoms with Crippen molar-refractivity contribution < 1.29 is 0 Å². The first-order chi connectivity index (χ1) is 12.3. The minimum atomic E-state index is -0.0745. The van der Waals surface area contributed by atoms with E-state index in [4.69, 9.17) is 4.99 Å². The van der Waals surface area contributed by atoms with Crippen LogP contribution in [0.2, 0.25) is 0 Å². The third kappa shape index (κ3) is 2.68. The molecule has 122 valence electrons. The summed E-state index contributed by atoms with van der Waals surface area (Å²) in [6, 6.07) is 26.9. The van der Waals surface area contributed by atoms with Gasteiger partial charge in [-0.1, -0.05) is 48.5 Å². The molecule has 0 saturated carbocycles. The Morgan fingerprint density at radius 2 is 1.36 bits per heavy atom. The molecule has 3 aromatic carbocycles. The van der Waals surface area contributed by atoms with Crippen LogP contribution in [-0.2, 0) is 7.05 Å². The van der Waals surface area contributed by atoms with Crippen molar-refractivity contribution in [3.8, 4) is 5.69 Å². The van der Waals surface area contributed by atoms with Gasteiger partial charge in [-0.05, 0) is 36.4 Å². The second kappa shape index (κ2) is 6.24. The molecule has 4 heteroatoms. The van der Waals surface area contributed by atoms with Gasteiger partial charge in [-0.3, -0.25) is 4.79 Å². The van der Waals surface area contributed by atoms with E-state index < -0.39 is 0 Å². The molecule has 0 unspecified atom stereocenters. The lowest BCUT2D eigenvalue weighted by atomic mass is 10.2. The first-order valence-electron chi connectivity index (χ1n) is 8.12. The van der Waals surface area contributed by atoms with Crippen LogP contribution < -0.4 is 11.2 Å². The maximum absolute atomic E-state index is 13.2. The van der Waals surface area contributed by atoms with Crippen LogP contribution in [0.3, 0.4) is 0 Å². The second-order valence-corrected chi connectivity index (χ2v) is 5.80. The lowest BCUT2D eigenvalue weighted by Crippen LogP contribution is -2.38. The summed E-state index contributed by atoms with van der Waals surface area (Å²) in [5.41, 5.74) is 2.96. The first kappa shape index (κ1) is 15.1. The summed E-state index contributed by atoms with van der Waals surface area (Å²) in [6.07, 6.45) is 0. The molecular formula is C21H17N3O. The molecule has 0 aliphatic heterocycles. The predicted octanol–water partition coefficient (Wildman–Crippen LogP) is 3.56. The van der Waals surface area contributed by atoms with Gasteiger partial charge in [0, 0.05) is 7.05 Å². The summed E-state index contributed by atoms with van der Waals surface area (Å²) in [5, 5.41) is 0.667. The lowest BCUT2D eigenvalue weighted by Gasteiger charge is -2.13. The van der Waals surface area contributed by atoms with E-state index in [1.165, 1.54) is 0 Å². The fourth-order valence-corrected chi connectivity index (χ4v) is 2.97. The fraction of sp³-hybridized carbons (Fsp3) is 0.0476. The van der Waals surface area contributed by atoms with Crippen LogP contribution in [-0.4, -0.2) is 9.13 Å². The number of aryl methyl sites for hydroxylation is 1. The number of benzene rings is 3. The van der Waals surface area contributed by atoms with E-state index in [0.717, 1.165) is 16.9 Å². The second-order valence-electron chi connectivity index (χ2n) is 5.80. The van der Waals surface area contributed by atoms with Crippen molar-refractivity contribution in [1.82, 2.24) is 9.13 Å². The Balaban J connectivity index is 2.19. The summed E-state index contributed by atoms with van der Waals surface area (Å²) in [4.78, 5) is 17.9. The topological polar surface area (TPSA) is 39.3 Å². The summed E-state index contributed by atoms with van der Waals surface area (Å²) in [7, 11) is 1.93. The van der Waals surface area contributed by atoms with Crippen LogP contribution in [0, 0.1) is 0 Å². The number of para-hydroxylation sites is 3. The number of rotatable bonds is 2. The Morgan fingerprint density at radius 1 is 0.760 bits per heavy atom. The van der Waals surface area contributed by atoms with Crippen molar-refractivity contribution in [2.75, 3.05) is 0 Å². The van der Waals surface area contributed by atoms with Crippen LogP contribution in [0.4, 0.5) is 5.69 Å². The molecule has 0 amide bonds. The summed E-state index contributed by atoms with van der Waals surface area (Å²) < 4.78 is 3.62. The monoisotopic (exact) mass is 327 g/mol. The molecular weight excluding hydrogens is 310 g/mol. The van der Waals surface area contributed by atoms with E-state index >= 15 is 0 Å². The zero-order chi connectivity index (χ0) is 17.2. The van der Waals surface area contributed by atoms with Crippen molar-refractivity contribution >= 4 is 16.6 Å². The number of hydrogen-bond acceptors (Lipinski definition) is 2. The molecule has 0 saturated heterocycles. The van der Waals surface area contributed by atoms with Gasteiger partial charge >= 0.3 is 0 Å². The lowest BCUT2D eigenvalue weighted by molar-refractivity contribution is 0.745. The molecule has 1 heterocycles. The molecule has 0 bridgehead atoms. The Labute approximate surface area is 145 Å². The Bertz CT molecular complexity index is 1160. The minimum absolute atomic E-state index is 0.0745. The smallest absolute Gasteiger partial charge is 0.267 e.